The molecule has 0 aromatic carbocycles. The molecule has 1 aliphatic heterocycles. The van der Waals surface area contributed by atoms with Crippen LogP contribution in [0.25, 0.3) is 0 Å². The molecule has 4 nitrogen and oxygen atoms in total. The molecule has 0 radical (unpaired) electrons. The Hall–Kier alpha value is -1.00. The molecule has 1 aromatic rings. The van der Waals surface area contributed by atoms with Crippen molar-refractivity contribution in [1.82, 2.24) is 4.90 Å². The quantitative estimate of drug-likeness (QED) is 0.843. The van der Waals surface area contributed by atoms with Crippen LogP contribution in [0.4, 0.5) is 0 Å². The Morgan fingerprint density at radius 1 is 1.73 bits per heavy atom. The van der Waals surface area contributed by atoms with E-state index in [1.807, 2.05) is 7.05 Å². The highest BCUT2D eigenvalue weighted by Crippen LogP contribution is 2.33. The summed E-state index contributed by atoms with van der Waals surface area (Å²) in [4.78, 5) is 12.9. The number of likely N-dealkylation sites (tertiary alicyclic amines) is 1. The zero-order valence-corrected chi connectivity index (χ0v) is 9.12. The number of rotatable bonds is 2. The molecule has 0 bridgehead atoms. The number of likely N-dealkylation sites (N-methyl/N-ethyl adjacent to an activating group) is 1. The van der Waals surface area contributed by atoms with E-state index in [-0.39, 0.29) is 11.7 Å². The normalized spacial score (nSPS) is 22.1. The molecule has 15 heavy (non-hydrogen) atoms. The van der Waals surface area contributed by atoms with Crippen molar-refractivity contribution in [3.05, 3.63) is 22.6 Å². The lowest BCUT2D eigenvalue weighted by molar-refractivity contribution is 0.0659. The average Bonchev–Trinajstić information content (AvgIpc) is 2.71. The van der Waals surface area contributed by atoms with Gasteiger partial charge < -0.3 is 14.4 Å². The van der Waals surface area contributed by atoms with E-state index < -0.39 is 5.97 Å². The molecule has 1 aliphatic rings. The number of carboxylic acid groups (broad SMARTS) is 1. The Kier molecular flexibility index (Phi) is 2.71. The van der Waals surface area contributed by atoms with E-state index in [0.717, 1.165) is 19.5 Å². The van der Waals surface area contributed by atoms with Gasteiger partial charge in [-0.2, -0.15) is 0 Å². The van der Waals surface area contributed by atoms with Crippen LogP contribution >= 0.6 is 11.6 Å². The third-order valence-corrected chi connectivity index (χ3v) is 2.98. The van der Waals surface area contributed by atoms with Crippen molar-refractivity contribution in [3.8, 4) is 0 Å². The highest BCUT2D eigenvalue weighted by molar-refractivity contribution is 6.31. The lowest BCUT2D eigenvalue weighted by atomic mass is 10.1. The van der Waals surface area contributed by atoms with Gasteiger partial charge >= 0.3 is 5.97 Å². The van der Waals surface area contributed by atoms with Gasteiger partial charge in [-0.3, -0.25) is 0 Å². The predicted molar refractivity (Wildman–Crippen MR) is 55.5 cm³/mol. The number of hydrogen-bond donors (Lipinski definition) is 1. The second-order valence-corrected chi connectivity index (χ2v) is 4.28. The van der Waals surface area contributed by atoms with Gasteiger partial charge in [0.15, 0.2) is 0 Å². The van der Waals surface area contributed by atoms with Crippen LogP contribution in [0, 0.1) is 0 Å². The molecule has 2 rings (SSSR count). The first-order chi connectivity index (χ1) is 7.08. The van der Waals surface area contributed by atoms with Crippen LogP contribution in [-0.4, -0.2) is 36.1 Å². The van der Waals surface area contributed by atoms with E-state index in [4.69, 9.17) is 21.1 Å². The summed E-state index contributed by atoms with van der Waals surface area (Å²) in [6.07, 6.45) is 0.961. The summed E-state index contributed by atoms with van der Waals surface area (Å²) < 4.78 is 5.25. The smallest absolute Gasteiger partial charge is 0.371 e. The van der Waals surface area contributed by atoms with Gasteiger partial charge in [-0.05, 0) is 20.0 Å². The zero-order valence-electron chi connectivity index (χ0n) is 8.36. The van der Waals surface area contributed by atoms with Crippen molar-refractivity contribution in [1.29, 1.82) is 0 Å². The van der Waals surface area contributed by atoms with Crippen LogP contribution in [-0.2, 0) is 0 Å². The number of furan rings is 1. The summed E-state index contributed by atoms with van der Waals surface area (Å²) in [7, 11) is 2.02. The van der Waals surface area contributed by atoms with Gasteiger partial charge in [-0.1, -0.05) is 11.6 Å². The maximum Gasteiger partial charge on any atom is 0.371 e. The van der Waals surface area contributed by atoms with Gasteiger partial charge in [0.25, 0.3) is 0 Å². The van der Waals surface area contributed by atoms with E-state index >= 15 is 0 Å². The number of nitrogens with zero attached hydrogens (tertiary/aromatic N) is 1. The molecule has 2 heterocycles. The molecule has 1 N–H and O–H groups in total. The predicted octanol–water partition coefficient (Wildman–Crippen LogP) is 2.05. The van der Waals surface area contributed by atoms with E-state index in [1.54, 1.807) is 0 Å². The molecule has 1 unspecified atom stereocenters. The minimum atomic E-state index is -1.07. The van der Waals surface area contributed by atoms with Crippen LogP contribution < -0.4 is 0 Å². The number of carbonyl (C=O) groups is 1. The van der Waals surface area contributed by atoms with Crippen molar-refractivity contribution >= 4 is 17.6 Å². The van der Waals surface area contributed by atoms with Gasteiger partial charge in [0, 0.05) is 18.5 Å². The maximum atomic E-state index is 10.7. The molecule has 0 spiro atoms. The molecule has 5 heteroatoms. The summed E-state index contributed by atoms with van der Waals surface area (Å²) in [5.74, 6) is -0.326. The minimum Gasteiger partial charge on any atom is -0.475 e. The van der Waals surface area contributed by atoms with Gasteiger partial charge in [-0.15, -0.1) is 0 Å². The van der Waals surface area contributed by atoms with Crippen LogP contribution in [0.1, 0.15) is 28.7 Å². The second-order valence-electron chi connectivity index (χ2n) is 3.88. The molecule has 1 saturated heterocycles. The first kappa shape index (κ1) is 10.5. The Morgan fingerprint density at radius 2 is 2.47 bits per heavy atom. The Morgan fingerprint density at radius 3 is 2.93 bits per heavy atom. The van der Waals surface area contributed by atoms with Gasteiger partial charge in [0.2, 0.25) is 5.76 Å². The van der Waals surface area contributed by atoms with Gasteiger partial charge in [0.1, 0.15) is 5.76 Å². The second kappa shape index (κ2) is 3.87. The number of aromatic carboxylic acids is 1. The minimum absolute atomic E-state index is 0.0791. The van der Waals surface area contributed by atoms with E-state index in [1.165, 1.54) is 6.07 Å². The molecule has 1 atom stereocenters. The monoisotopic (exact) mass is 229 g/mol. The molecule has 82 valence electrons. The molecular weight excluding hydrogens is 218 g/mol. The van der Waals surface area contributed by atoms with Crippen molar-refractivity contribution < 1.29 is 14.3 Å². The number of halogens is 1. The molecule has 1 aromatic heterocycles. The molecule has 0 amide bonds. The van der Waals surface area contributed by atoms with E-state index in [0.29, 0.717) is 10.8 Å². The fraction of sp³-hybridized carbons (Fsp3) is 0.500. The van der Waals surface area contributed by atoms with Crippen molar-refractivity contribution in [2.24, 2.45) is 0 Å². The standard InChI is InChI=1S/C10H12ClNO3/c1-12-3-2-6(5-12)9-7(11)4-8(15-9)10(13)14/h4,6H,2-3,5H2,1H3,(H,13,14). The van der Waals surface area contributed by atoms with E-state index in [2.05, 4.69) is 4.90 Å². The zero-order chi connectivity index (χ0) is 11.0. The molecule has 0 aliphatic carbocycles. The summed E-state index contributed by atoms with van der Waals surface area (Å²) in [5.41, 5.74) is 0. The average molecular weight is 230 g/mol. The summed E-state index contributed by atoms with van der Waals surface area (Å²) >= 11 is 5.94. The Balaban J connectivity index is 2.24. The lowest BCUT2D eigenvalue weighted by Crippen LogP contribution is -2.13. The SMILES string of the molecule is CN1CCC(c2oc(C(=O)O)cc2Cl)C1. The molecule has 1 fully saturated rings. The highest BCUT2D eigenvalue weighted by atomic mass is 35.5. The fourth-order valence-corrected chi connectivity index (χ4v) is 2.21. The third-order valence-electron chi connectivity index (χ3n) is 2.69. The summed E-state index contributed by atoms with van der Waals surface area (Å²) in [5, 5.41) is 9.18. The number of carboxylic acids is 1. The van der Waals surface area contributed by atoms with Crippen LogP contribution in [0.2, 0.25) is 5.02 Å². The van der Waals surface area contributed by atoms with Crippen LogP contribution in [0.3, 0.4) is 0 Å². The summed E-state index contributed by atoms with van der Waals surface area (Å²) in [6, 6.07) is 1.37. The highest BCUT2D eigenvalue weighted by Gasteiger charge is 2.27. The van der Waals surface area contributed by atoms with Gasteiger partial charge in [0.05, 0.1) is 5.02 Å². The van der Waals surface area contributed by atoms with Crippen molar-refractivity contribution in [3.63, 3.8) is 0 Å². The largest absolute Gasteiger partial charge is 0.475 e. The Bertz CT molecular complexity index is 388. The van der Waals surface area contributed by atoms with Gasteiger partial charge in [-0.25, -0.2) is 4.79 Å². The van der Waals surface area contributed by atoms with Crippen molar-refractivity contribution in [2.75, 3.05) is 20.1 Å². The third kappa shape index (κ3) is 2.01. The van der Waals surface area contributed by atoms with E-state index in [9.17, 15) is 4.79 Å². The fourth-order valence-electron chi connectivity index (χ4n) is 1.92. The first-order valence-electron chi connectivity index (χ1n) is 4.79. The lowest BCUT2D eigenvalue weighted by Gasteiger charge is -2.07. The maximum absolute atomic E-state index is 10.7. The topological polar surface area (TPSA) is 53.7 Å². The van der Waals surface area contributed by atoms with Crippen LogP contribution in [0.5, 0.6) is 0 Å². The number of hydrogen-bond acceptors (Lipinski definition) is 3. The van der Waals surface area contributed by atoms with Crippen molar-refractivity contribution in [2.45, 2.75) is 12.3 Å². The first-order valence-corrected chi connectivity index (χ1v) is 5.17. The summed E-state index contributed by atoms with van der Waals surface area (Å²) in [6.45, 7) is 1.86. The molecule has 0 saturated carbocycles. The Labute approximate surface area is 92.4 Å². The molecular formula is C10H12ClNO3. The van der Waals surface area contributed by atoms with Crippen LogP contribution in [0.15, 0.2) is 10.5 Å².